The lowest BCUT2D eigenvalue weighted by atomic mass is 10.1. The Morgan fingerprint density at radius 1 is 1.16 bits per heavy atom. The molecule has 0 spiro atoms. The highest BCUT2D eigenvalue weighted by atomic mass is 32.1. The van der Waals surface area contributed by atoms with Gasteiger partial charge >= 0.3 is 0 Å². The summed E-state index contributed by atoms with van der Waals surface area (Å²) < 4.78 is 5.38. The maximum atomic E-state index is 5.52. The number of morpholine rings is 1. The number of rotatable bonds is 7. The van der Waals surface area contributed by atoms with Gasteiger partial charge in [-0.3, -0.25) is 4.90 Å². The molecule has 1 aliphatic rings. The summed E-state index contributed by atoms with van der Waals surface area (Å²) in [6, 6.07) is 14.8. The second-order valence-corrected chi connectivity index (χ2v) is 7.45. The molecule has 0 saturated carbocycles. The lowest BCUT2D eigenvalue weighted by Crippen LogP contribution is -2.40. The Balaban J connectivity index is 1.47. The van der Waals surface area contributed by atoms with Crippen molar-refractivity contribution >= 4 is 28.7 Å². The Morgan fingerprint density at radius 3 is 2.68 bits per heavy atom. The molecule has 1 aromatic carbocycles. The smallest absolute Gasteiger partial charge is 0.167 e. The van der Waals surface area contributed by atoms with Crippen LogP contribution in [0.3, 0.4) is 0 Å². The molecule has 0 bridgehead atoms. The summed E-state index contributed by atoms with van der Waals surface area (Å²) in [6.07, 6.45) is 1.08. The SMILES string of the molecule is S=C(NCCCN1CCOCC1)N[C@@H](c1ccccc1)c1cccs1. The van der Waals surface area contributed by atoms with Crippen LogP contribution in [-0.4, -0.2) is 49.4 Å². The van der Waals surface area contributed by atoms with Crippen molar-refractivity contribution in [3.8, 4) is 0 Å². The first-order valence-corrected chi connectivity index (χ1v) is 10.0. The number of benzene rings is 1. The van der Waals surface area contributed by atoms with Crippen LogP contribution in [0.2, 0.25) is 0 Å². The highest BCUT2D eigenvalue weighted by Gasteiger charge is 2.16. The van der Waals surface area contributed by atoms with E-state index >= 15 is 0 Å². The van der Waals surface area contributed by atoms with Gasteiger partial charge in [0.2, 0.25) is 0 Å². The van der Waals surface area contributed by atoms with E-state index in [9.17, 15) is 0 Å². The summed E-state index contributed by atoms with van der Waals surface area (Å²) in [5, 5.41) is 9.64. The molecule has 1 aromatic heterocycles. The summed E-state index contributed by atoms with van der Waals surface area (Å²) >= 11 is 7.27. The van der Waals surface area contributed by atoms with E-state index in [0.717, 1.165) is 45.8 Å². The zero-order valence-electron chi connectivity index (χ0n) is 14.3. The van der Waals surface area contributed by atoms with Gasteiger partial charge in [-0.2, -0.15) is 0 Å². The van der Waals surface area contributed by atoms with Crippen molar-refractivity contribution in [3.63, 3.8) is 0 Å². The molecule has 4 nitrogen and oxygen atoms in total. The van der Waals surface area contributed by atoms with Gasteiger partial charge in [-0.25, -0.2) is 0 Å². The van der Waals surface area contributed by atoms with Gasteiger partial charge in [0.25, 0.3) is 0 Å². The van der Waals surface area contributed by atoms with Crippen LogP contribution in [0.5, 0.6) is 0 Å². The third-order valence-electron chi connectivity index (χ3n) is 4.28. The van der Waals surface area contributed by atoms with Crippen LogP contribution < -0.4 is 10.6 Å². The van der Waals surface area contributed by atoms with Gasteiger partial charge in [0.1, 0.15) is 0 Å². The maximum Gasteiger partial charge on any atom is 0.167 e. The van der Waals surface area contributed by atoms with Crippen molar-refractivity contribution in [2.45, 2.75) is 12.5 Å². The molecule has 1 fully saturated rings. The van der Waals surface area contributed by atoms with E-state index in [0.29, 0.717) is 5.11 Å². The molecule has 0 radical (unpaired) electrons. The van der Waals surface area contributed by atoms with Gasteiger partial charge in [0.15, 0.2) is 5.11 Å². The largest absolute Gasteiger partial charge is 0.379 e. The number of thiocarbonyl (C=S) groups is 1. The molecular weight excluding hydrogens is 350 g/mol. The first kappa shape index (κ1) is 18.3. The second-order valence-electron chi connectivity index (χ2n) is 6.07. The predicted octanol–water partition coefficient (Wildman–Crippen LogP) is 3.02. The van der Waals surface area contributed by atoms with Crippen molar-refractivity contribution in [1.82, 2.24) is 15.5 Å². The highest BCUT2D eigenvalue weighted by Crippen LogP contribution is 2.25. The lowest BCUT2D eigenvalue weighted by molar-refractivity contribution is 0.0376. The molecule has 2 aromatic rings. The van der Waals surface area contributed by atoms with Crippen LogP contribution >= 0.6 is 23.6 Å². The van der Waals surface area contributed by atoms with Crippen molar-refractivity contribution in [3.05, 3.63) is 58.3 Å². The van der Waals surface area contributed by atoms with Crippen LogP contribution in [0, 0.1) is 0 Å². The van der Waals surface area contributed by atoms with Crippen LogP contribution in [0.15, 0.2) is 47.8 Å². The van der Waals surface area contributed by atoms with E-state index in [1.807, 2.05) is 6.07 Å². The molecule has 1 saturated heterocycles. The molecule has 0 aliphatic carbocycles. The number of hydrogen-bond donors (Lipinski definition) is 2. The lowest BCUT2D eigenvalue weighted by Gasteiger charge is -2.26. The normalized spacial score (nSPS) is 16.3. The van der Waals surface area contributed by atoms with Gasteiger partial charge in [-0.05, 0) is 42.2 Å². The third kappa shape index (κ3) is 5.78. The average Bonchev–Trinajstić information content (AvgIpc) is 3.19. The maximum absolute atomic E-state index is 5.52. The number of nitrogens with zero attached hydrogens (tertiary/aromatic N) is 1. The van der Waals surface area contributed by atoms with Gasteiger partial charge in [0.05, 0.1) is 19.3 Å². The van der Waals surface area contributed by atoms with Crippen molar-refractivity contribution in [2.24, 2.45) is 0 Å². The topological polar surface area (TPSA) is 36.5 Å². The van der Waals surface area contributed by atoms with Crippen LogP contribution in [0.25, 0.3) is 0 Å². The van der Waals surface area contributed by atoms with Crippen molar-refractivity contribution in [1.29, 1.82) is 0 Å². The van der Waals surface area contributed by atoms with E-state index in [2.05, 4.69) is 57.3 Å². The molecule has 0 unspecified atom stereocenters. The van der Waals surface area contributed by atoms with E-state index in [1.165, 1.54) is 10.4 Å². The molecule has 1 aliphatic heterocycles. The standard InChI is InChI=1S/C19H25N3OS2/c24-19(20-9-5-10-22-11-13-23-14-12-22)21-18(17-8-4-15-25-17)16-6-2-1-3-7-16/h1-4,6-8,15,18H,5,9-14H2,(H2,20,21,24)/t18-/m0/s1. The molecular formula is C19H25N3OS2. The molecule has 2 heterocycles. The zero-order valence-corrected chi connectivity index (χ0v) is 16.0. The minimum Gasteiger partial charge on any atom is -0.379 e. The summed E-state index contributed by atoms with van der Waals surface area (Å²) in [6.45, 7) is 5.76. The van der Waals surface area contributed by atoms with Gasteiger partial charge in [-0.15, -0.1) is 11.3 Å². The zero-order chi connectivity index (χ0) is 17.3. The fraction of sp³-hybridized carbons (Fsp3) is 0.421. The molecule has 134 valence electrons. The minimum absolute atomic E-state index is 0.0976. The first-order valence-electron chi connectivity index (χ1n) is 8.76. The molecule has 2 N–H and O–H groups in total. The molecule has 1 atom stereocenters. The summed E-state index contributed by atoms with van der Waals surface area (Å²) in [5.41, 5.74) is 1.22. The molecule has 25 heavy (non-hydrogen) atoms. The quantitative estimate of drug-likeness (QED) is 0.575. The van der Waals surface area contributed by atoms with Crippen molar-refractivity contribution in [2.75, 3.05) is 39.4 Å². The second kappa shape index (κ2) is 9.87. The Labute approximate surface area is 159 Å². The summed E-state index contributed by atoms with van der Waals surface area (Å²) in [5.74, 6) is 0. The van der Waals surface area contributed by atoms with Crippen molar-refractivity contribution < 1.29 is 4.74 Å². The fourth-order valence-corrected chi connectivity index (χ4v) is 3.95. The third-order valence-corrected chi connectivity index (χ3v) is 5.48. The average molecular weight is 376 g/mol. The number of hydrogen-bond acceptors (Lipinski definition) is 4. The minimum atomic E-state index is 0.0976. The molecule has 6 heteroatoms. The Kier molecular flexibility index (Phi) is 7.23. The van der Waals surface area contributed by atoms with E-state index < -0.39 is 0 Å². The van der Waals surface area contributed by atoms with Crippen LogP contribution in [0.4, 0.5) is 0 Å². The van der Waals surface area contributed by atoms with E-state index in [4.69, 9.17) is 17.0 Å². The van der Waals surface area contributed by atoms with Crippen LogP contribution in [0.1, 0.15) is 22.9 Å². The van der Waals surface area contributed by atoms with Gasteiger partial charge < -0.3 is 15.4 Å². The summed E-state index contributed by atoms with van der Waals surface area (Å²) in [7, 11) is 0. The number of nitrogens with one attached hydrogen (secondary N) is 2. The van der Waals surface area contributed by atoms with E-state index in [1.54, 1.807) is 11.3 Å². The highest BCUT2D eigenvalue weighted by molar-refractivity contribution is 7.80. The van der Waals surface area contributed by atoms with Gasteiger partial charge in [0, 0.05) is 24.5 Å². The predicted molar refractivity (Wildman–Crippen MR) is 108 cm³/mol. The fourth-order valence-electron chi connectivity index (χ4n) is 2.93. The molecule has 0 amide bonds. The Morgan fingerprint density at radius 2 is 1.96 bits per heavy atom. The van der Waals surface area contributed by atoms with Gasteiger partial charge in [-0.1, -0.05) is 36.4 Å². The number of thiophene rings is 1. The Hall–Kier alpha value is -1.47. The summed E-state index contributed by atoms with van der Waals surface area (Å²) in [4.78, 5) is 3.71. The first-order chi connectivity index (χ1) is 12.3. The van der Waals surface area contributed by atoms with Crippen LogP contribution in [-0.2, 0) is 4.74 Å². The Bertz CT molecular complexity index is 627. The monoisotopic (exact) mass is 375 g/mol. The molecule has 3 rings (SSSR count). The van der Waals surface area contributed by atoms with E-state index in [-0.39, 0.29) is 6.04 Å². The number of ether oxygens (including phenoxy) is 1.